The number of rotatable bonds is 7. The zero-order valence-corrected chi connectivity index (χ0v) is 13.9. The van der Waals surface area contributed by atoms with Crippen LogP contribution in [0.1, 0.15) is 48.0 Å². The fourth-order valence-electron chi connectivity index (χ4n) is 3.12. The topological polar surface area (TPSA) is 147 Å². The van der Waals surface area contributed by atoms with Crippen LogP contribution >= 0.6 is 0 Å². The molecule has 132 valence electrons. The van der Waals surface area contributed by atoms with Crippen LogP contribution in [-0.2, 0) is 6.54 Å². The smallest absolute Gasteiger partial charge is 0.251 e. The van der Waals surface area contributed by atoms with Gasteiger partial charge in [0.1, 0.15) is 0 Å². The Bertz CT molecular complexity index is 708. The molecule has 0 aliphatic heterocycles. The Labute approximate surface area is 145 Å². The van der Waals surface area contributed by atoms with E-state index >= 15 is 0 Å². The van der Waals surface area contributed by atoms with Crippen LogP contribution in [0.2, 0.25) is 0 Å². The van der Waals surface area contributed by atoms with E-state index in [1.54, 1.807) is 12.1 Å². The number of nitrogens with zero attached hydrogens (tertiary/aromatic N) is 6. The molecule has 1 fully saturated rings. The van der Waals surface area contributed by atoms with Gasteiger partial charge in [0.15, 0.2) is 0 Å². The zero-order valence-electron chi connectivity index (χ0n) is 13.9. The minimum atomic E-state index is -0.289. The maximum absolute atomic E-state index is 12.3. The first-order chi connectivity index (χ1) is 12.1. The summed E-state index contributed by atoms with van der Waals surface area (Å²) in [4.78, 5) is 17.7. The summed E-state index contributed by atoms with van der Waals surface area (Å²) < 4.78 is 0. The second-order valence-electron chi connectivity index (χ2n) is 6.12. The summed E-state index contributed by atoms with van der Waals surface area (Å²) >= 11 is 0. The highest BCUT2D eigenvalue weighted by molar-refractivity contribution is 5.95. The molecule has 25 heavy (non-hydrogen) atoms. The maximum atomic E-state index is 12.3. The van der Waals surface area contributed by atoms with Gasteiger partial charge in [0.25, 0.3) is 5.91 Å². The molecule has 0 saturated heterocycles. The van der Waals surface area contributed by atoms with Crippen LogP contribution in [0.25, 0.3) is 20.9 Å². The highest BCUT2D eigenvalue weighted by atomic mass is 16.3. The van der Waals surface area contributed by atoms with Crippen molar-refractivity contribution in [3.05, 3.63) is 50.2 Å². The molecule has 1 aromatic carbocycles. The molecular formula is C16H21N7O2. The number of aliphatic hydroxyl groups excluding tert-OH is 1. The molecule has 0 radical (unpaired) electrons. The Hall–Kier alpha value is -2.73. The lowest BCUT2D eigenvalue weighted by atomic mass is 9.84. The lowest BCUT2D eigenvalue weighted by Crippen LogP contribution is -2.31. The summed E-state index contributed by atoms with van der Waals surface area (Å²) in [5.74, 6) is -0.0634. The number of hydrogen-bond donors (Lipinski definition) is 2. The Balaban J connectivity index is 2.00. The molecule has 0 aromatic heterocycles. The molecule has 2 N–H and O–H groups in total. The lowest BCUT2D eigenvalue weighted by Gasteiger charge is -2.27. The monoisotopic (exact) mass is 343 g/mol. The van der Waals surface area contributed by atoms with Gasteiger partial charge in [0.2, 0.25) is 0 Å². The van der Waals surface area contributed by atoms with E-state index in [0.717, 1.165) is 32.1 Å². The average Bonchev–Trinajstić information content (AvgIpc) is 2.61. The van der Waals surface area contributed by atoms with Crippen molar-refractivity contribution in [3.63, 3.8) is 0 Å². The van der Waals surface area contributed by atoms with Crippen LogP contribution in [-0.4, -0.2) is 23.7 Å². The molecule has 0 spiro atoms. The lowest BCUT2D eigenvalue weighted by molar-refractivity contribution is 0.0643. The van der Waals surface area contributed by atoms with Crippen molar-refractivity contribution >= 4 is 11.6 Å². The molecule has 2 rings (SSSR count). The summed E-state index contributed by atoms with van der Waals surface area (Å²) in [7, 11) is 0. The van der Waals surface area contributed by atoms with Crippen LogP contribution < -0.4 is 5.32 Å². The number of hydrogen-bond acceptors (Lipinski definition) is 4. The van der Waals surface area contributed by atoms with Crippen LogP contribution in [0.3, 0.4) is 0 Å². The maximum Gasteiger partial charge on any atom is 0.251 e. The van der Waals surface area contributed by atoms with E-state index in [4.69, 9.17) is 11.1 Å². The Morgan fingerprint density at radius 1 is 1.24 bits per heavy atom. The zero-order chi connectivity index (χ0) is 18.1. The predicted octanol–water partition coefficient (Wildman–Crippen LogP) is 4.11. The quantitative estimate of drug-likeness (QED) is 0.435. The molecule has 1 aliphatic carbocycles. The van der Waals surface area contributed by atoms with Gasteiger partial charge >= 0.3 is 0 Å². The van der Waals surface area contributed by atoms with E-state index in [1.807, 2.05) is 0 Å². The van der Waals surface area contributed by atoms with E-state index in [-0.39, 0.29) is 24.5 Å². The van der Waals surface area contributed by atoms with E-state index in [0.29, 0.717) is 23.4 Å². The van der Waals surface area contributed by atoms with Gasteiger partial charge in [-0.05, 0) is 60.0 Å². The standard InChI is InChI=1S/C16H21N7O2/c17-22-20-10-11-7-13(9-14(8-11)21-23-18)16(25)19-6-5-12-3-1-2-4-15(12)24/h7-9,12,15,24H,1-6,10H2,(H,19,25)/t12-,15+/m0/s1. The van der Waals surface area contributed by atoms with Crippen molar-refractivity contribution < 1.29 is 9.90 Å². The van der Waals surface area contributed by atoms with Gasteiger partial charge < -0.3 is 10.4 Å². The third-order valence-electron chi connectivity index (χ3n) is 4.39. The first-order valence-corrected chi connectivity index (χ1v) is 8.30. The van der Waals surface area contributed by atoms with E-state index < -0.39 is 0 Å². The summed E-state index contributed by atoms with van der Waals surface area (Å²) in [6.07, 6.45) is 4.44. The van der Waals surface area contributed by atoms with Gasteiger partial charge in [-0.15, -0.1) is 0 Å². The van der Waals surface area contributed by atoms with Gasteiger partial charge in [-0.1, -0.05) is 23.1 Å². The average molecular weight is 343 g/mol. The number of aliphatic hydroxyl groups is 1. The largest absolute Gasteiger partial charge is 0.393 e. The van der Waals surface area contributed by atoms with Crippen molar-refractivity contribution in [3.8, 4) is 0 Å². The van der Waals surface area contributed by atoms with Crippen molar-refractivity contribution in [2.45, 2.75) is 44.8 Å². The first-order valence-electron chi connectivity index (χ1n) is 8.30. The summed E-state index contributed by atoms with van der Waals surface area (Å²) in [5.41, 5.74) is 18.2. The molecule has 2 atom stereocenters. The Kier molecular flexibility index (Phi) is 7.10. The molecule has 1 saturated carbocycles. The Morgan fingerprint density at radius 2 is 2.04 bits per heavy atom. The second-order valence-corrected chi connectivity index (χ2v) is 6.12. The predicted molar refractivity (Wildman–Crippen MR) is 93.0 cm³/mol. The summed E-state index contributed by atoms with van der Waals surface area (Å²) in [6, 6.07) is 4.67. The van der Waals surface area contributed by atoms with Crippen molar-refractivity contribution in [2.75, 3.05) is 6.54 Å². The summed E-state index contributed by atoms with van der Waals surface area (Å²) in [5, 5.41) is 19.8. The second kappa shape index (κ2) is 9.54. The molecule has 0 bridgehead atoms. The number of nitrogens with one attached hydrogen (secondary N) is 1. The number of benzene rings is 1. The first kappa shape index (κ1) is 18.6. The van der Waals surface area contributed by atoms with E-state index in [2.05, 4.69) is 25.4 Å². The number of amides is 1. The molecule has 1 aliphatic rings. The summed E-state index contributed by atoms with van der Waals surface area (Å²) in [6.45, 7) is 0.540. The van der Waals surface area contributed by atoms with Crippen LogP contribution in [0.4, 0.5) is 5.69 Å². The third kappa shape index (κ3) is 5.69. The number of carbonyl (C=O) groups excluding carboxylic acids is 1. The van der Waals surface area contributed by atoms with Gasteiger partial charge in [0.05, 0.1) is 12.6 Å². The highest BCUT2D eigenvalue weighted by Gasteiger charge is 2.22. The van der Waals surface area contributed by atoms with Crippen LogP contribution in [0.5, 0.6) is 0 Å². The molecule has 9 heteroatoms. The molecule has 1 amide bonds. The van der Waals surface area contributed by atoms with Crippen molar-refractivity contribution in [2.24, 2.45) is 16.1 Å². The number of azide groups is 2. The minimum Gasteiger partial charge on any atom is -0.393 e. The van der Waals surface area contributed by atoms with Crippen molar-refractivity contribution in [1.82, 2.24) is 5.32 Å². The molecule has 0 unspecified atom stereocenters. The normalized spacial score (nSPS) is 19.4. The molecule has 0 heterocycles. The highest BCUT2D eigenvalue weighted by Crippen LogP contribution is 2.26. The van der Waals surface area contributed by atoms with E-state index in [1.165, 1.54) is 6.07 Å². The SMILES string of the molecule is [N-]=[N+]=NCc1cc(N=[N+]=[N-])cc(C(=O)NCC[C@@H]2CCCC[C@H]2O)c1. The van der Waals surface area contributed by atoms with Gasteiger partial charge in [0, 0.05) is 27.6 Å². The van der Waals surface area contributed by atoms with E-state index in [9.17, 15) is 9.90 Å². The fraction of sp³-hybridized carbons (Fsp3) is 0.562. The Morgan fingerprint density at radius 3 is 2.76 bits per heavy atom. The third-order valence-corrected chi connectivity index (χ3v) is 4.39. The fourth-order valence-corrected chi connectivity index (χ4v) is 3.12. The molecule has 9 nitrogen and oxygen atoms in total. The molecular weight excluding hydrogens is 322 g/mol. The van der Waals surface area contributed by atoms with Gasteiger partial charge in [-0.25, -0.2) is 0 Å². The van der Waals surface area contributed by atoms with Crippen LogP contribution in [0, 0.1) is 5.92 Å². The number of carbonyl (C=O) groups is 1. The van der Waals surface area contributed by atoms with Crippen molar-refractivity contribution in [1.29, 1.82) is 0 Å². The van der Waals surface area contributed by atoms with Gasteiger partial charge in [-0.3, -0.25) is 4.79 Å². The molecule has 1 aromatic rings. The minimum absolute atomic E-state index is 0.0693. The van der Waals surface area contributed by atoms with Gasteiger partial charge in [-0.2, -0.15) is 0 Å². The van der Waals surface area contributed by atoms with Crippen LogP contribution in [0.15, 0.2) is 28.4 Å².